The molecule has 2 aliphatic rings. The number of methoxy groups -OCH3 is 1. The number of amides is 1. The zero-order valence-electron chi connectivity index (χ0n) is 20.5. The van der Waals surface area contributed by atoms with Crippen LogP contribution in [0, 0.1) is 11.3 Å². The summed E-state index contributed by atoms with van der Waals surface area (Å²) in [6, 6.07) is 17.0. The summed E-state index contributed by atoms with van der Waals surface area (Å²) >= 11 is 0. The van der Waals surface area contributed by atoms with Crippen molar-refractivity contribution in [3.05, 3.63) is 88.9 Å². The largest absolute Gasteiger partial charge is 0.496 e. The van der Waals surface area contributed by atoms with E-state index in [1.807, 2.05) is 61.4 Å². The van der Waals surface area contributed by atoms with Gasteiger partial charge >= 0.3 is 0 Å². The third-order valence-corrected chi connectivity index (χ3v) is 6.05. The Morgan fingerprint density at radius 3 is 2.38 bits per heavy atom. The number of amidine groups is 2. The Morgan fingerprint density at radius 1 is 1.06 bits per heavy atom. The van der Waals surface area contributed by atoms with Gasteiger partial charge in [-0.15, -0.1) is 0 Å². The van der Waals surface area contributed by atoms with Gasteiger partial charge in [-0.3, -0.25) is 9.80 Å². The Balaban J connectivity index is 1.82. The number of aliphatic imine (C=N–C) groups is 2. The van der Waals surface area contributed by atoms with Crippen LogP contribution >= 0.6 is 0 Å². The maximum absolute atomic E-state index is 13.0. The molecule has 34 heavy (non-hydrogen) atoms. The number of nitrogens with one attached hydrogen (secondary N) is 2. The molecule has 176 valence electrons. The number of hydrazine groups is 1. The highest BCUT2D eigenvalue weighted by molar-refractivity contribution is 6.16. The molecule has 4 rings (SSSR count). The quantitative estimate of drug-likeness (QED) is 0.692. The van der Waals surface area contributed by atoms with Gasteiger partial charge in [0.25, 0.3) is 5.91 Å². The molecule has 1 atom stereocenters. The van der Waals surface area contributed by atoms with E-state index in [2.05, 4.69) is 31.5 Å². The van der Waals surface area contributed by atoms with Gasteiger partial charge in [0.05, 0.1) is 12.7 Å². The van der Waals surface area contributed by atoms with Crippen LogP contribution in [0.15, 0.2) is 87.7 Å². The molecule has 7 nitrogen and oxygen atoms in total. The van der Waals surface area contributed by atoms with Crippen LogP contribution in [0.25, 0.3) is 0 Å². The van der Waals surface area contributed by atoms with E-state index in [0.29, 0.717) is 17.2 Å². The second-order valence-electron chi connectivity index (χ2n) is 9.35. The first-order valence-corrected chi connectivity index (χ1v) is 11.3. The third-order valence-electron chi connectivity index (χ3n) is 6.05. The molecule has 0 saturated heterocycles. The summed E-state index contributed by atoms with van der Waals surface area (Å²) in [6.45, 7) is 8.53. The number of carbonyl (C=O) groups is 1. The van der Waals surface area contributed by atoms with E-state index in [9.17, 15) is 4.79 Å². The van der Waals surface area contributed by atoms with E-state index < -0.39 is 0 Å². The topological polar surface area (TPSA) is 78.3 Å². The van der Waals surface area contributed by atoms with Crippen molar-refractivity contribution in [1.29, 1.82) is 0 Å². The molecule has 2 aromatic carbocycles. The lowest BCUT2D eigenvalue weighted by Gasteiger charge is -2.41. The fourth-order valence-corrected chi connectivity index (χ4v) is 4.53. The molecule has 2 aliphatic heterocycles. The standard InChI is InChI=1S/C27H31N5O2/c1-17-22-23(27(2,3)4)20(30-26(33)18-12-8-7-9-13-18)16-29-24(22)31-25(32(17)28-5)19-14-10-11-15-21(19)34-6/h7-16,23,28H,1-6H3,(H,30,33). The Labute approximate surface area is 200 Å². The fourth-order valence-electron chi connectivity index (χ4n) is 4.53. The van der Waals surface area contributed by atoms with Crippen LogP contribution in [0.4, 0.5) is 0 Å². The lowest BCUT2D eigenvalue weighted by molar-refractivity contribution is 0.0958. The van der Waals surface area contributed by atoms with Crippen molar-refractivity contribution in [3.63, 3.8) is 0 Å². The summed E-state index contributed by atoms with van der Waals surface area (Å²) < 4.78 is 5.59. The molecule has 0 saturated carbocycles. The average molecular weight is 458 g/mol. The molecular weight excluding hydrogens is 426 g/mol. The van der Waals surface area contributed by atoms with Crippen LogP contribution in [-0.2, 0) is 0 Å². The summed E-state index contributed by atoms with van der Waals surface area (Å²) in [5.41, 5.74) is 7.23. The zero-order chi connectivity index (χ0) is 24.5. The van der Waals surface area contributed by atoms with Crippen LogP contribution in [0.5, 0.6) is 5.75 Å². The number of fused-ring (bicyclic) bond motifs is 1. The predicted molar refractivity (Wildman–Crippen MR) is 136 cm³/mol. The van der Waals surface area contributed by atoms with E-state index in [1.165, 1.54) is 0 Å². The average Bonchev–Trinajstić information content (AvgIpc) is 2.83. The van der Waals surface area contributed by atoms with Crippen molar-refractivity contribution in [2.75, 3.05) is 14.2 Å². The Hall–Kier alpha value is -3.71. The number of rotatable bonds is 5. The fraction of sp³-hybridized carbons (Fsp3) is 0.296. The number of hydrogen-bond donors (Lipinski definition) is 2. The molecular formula is C27H31N5O2. The highest BCUT2D eigenvalue weighted by Crippen LogP contribution is 2.43. The highest BCUT2D eigenvalue weighted by atomic mass is 16.5. The molecule has 0 spiro atoms. The van der Waals surface area contributed by atoms with Crippen molar-refractivity contribution in [3.8, 4) is 5.75 Å². The van der Waals surface area contributed by atoms with Crippen molar-refractivity contribution < 1.29 is 9.53 Å². The van der Waals surface area contributed by atoms with E-state index >= 15 is 0 Å². The molecule has 0 fully saturated rings. The molecule has 7 heteroatoms. The molecule has 2 N–H and O–H groups in total. The maximum atomic E-state index is 13.0. The van der Waals surface area contributed by atoms with Crippen molar-refractivity contribution in [2.24, 2.45) is 21.3 Å². The zero-order valence-corrected chi connectivity index (χ0v) is 20.5. The summed E-state index contributed by atoms with van der Waals surface area (Å²) in [5.74, 6) is 1.80. The monoisotopic (exact) mass is 457 g/mol. The van der Waals surface area contributed by atoms with Gasteiger partial charge in [0.1, 0.15) is 5.75 Å². The van der Waals surface area contributed by atoms with Crippen LogP contribution in [0.2, 0.25) is 0 Å². The first-order valence-electron chi connectivity index (χ1n) is 11.3. The minimum Gasteiger partial charge on any atom is -0.496 e. The van der Waals surface area contributed by atoms with Gasteiger partial charge in [0, 0.05) is 41.7 Å². The van der Waals surface area contributed by atoms with E-state index in [0.717, 1.165) is 28.3 Å². The number of nitrogens with zero attached hydrogens (tertiary/aromatic N) is 3. The number of para-hydroxylation sites is 1. The second kappa shape index (κ2) is 9.27. The van der Waals surface area contributed by atoms with Gasteiger partial charge in [0.2, 0.25) is 0 Å². The molecule has 0 aromatic heterocycles. The minimum atomic E-state index is -0.204. The molecule has 0 aliphatic carbocycles. The van der Waals surface area contributed by atoms with Crippen molar-refractivity contribution in [2.45, 2.75) is 27.7 Å². The highest BCUT2D eigenvalue weighted by Gasteiger charge is 2.41. The third kappa shape index (κ3) is 4.26. The Bertz CT molecular complexity index is 1220. The minimum absolute atomic E-state index is 0.119. The van der Waals surface area contributed by atoms with Crippen LogP contribution in [0.3, 0.4) is 0 Å². The normalized spacial score (nSPS) is 18.0. The number of carbonyl (C=O) groups excluding carboxylic acids is 1. The van der Waals surface area contributed by atoms with Gasteiger partial charge in [-0.05, 0) is 36.6 Å². The van der Waals surface area contributed by atoms with Gasteiger partial charge < -0.3 is 10.1 Å². The lowest BCUT2D eigenvalue weighted by atomic mass is 9.72. The lowest BCUT2D eigenvalue weighted by Crippen LogP contribution is -2.47. The van der Waals surface area contributed by atoms with E-state index in [-0.39, 0.29) is 17.2 Å². The first kappa shape index (κ1) is 23.4. The van der Waals surface area contributed by atoms with Crippen molar-refractivity contribution in [1.82, 2.24) is 15.8 Å². The Kier molecular flexibility index (Phi) is 6.39. The van der Waals surface area contributed by atoms with Gasteiger partial charge in [-0.25, -0.2) is 15.4 Å². The molecule has 1 unspecified atom stereocenters. The number of allylic oxidation sites excluding steroid dienone is 2. The molecule has 2 heterocycles. The number of ether oxygens (including phenoxy) is 1. The Morgan fingerprint density at radius 2 is 1.74 bits per heavy atom. The van der Waals surface area contributed by atoms with Crippen LogP contribution in [0.1, 0.15) is 43.6 Å². The second-order valence-corrected chi connectivity index (χ2v) is 9.35. The summed E-state index contributed by atoms with van der Waals surface area (Å²) in [5, 5.41) is 5.06. The summed E-state index contributed by atoms with van der Waals surface area (Å²) in [6.07, 6.45) is 1.74. The molecule has 0 bridgehead atoms. The molecule has 1 amide bonds. The summed E-state index contributed by atoms with van der Waals surface area (Å²) in [4.78, 5) is 22.6. The number of hydrogen-bond acceptors (Lipinski definition) is 6. The van der Waals surface area contributed by atoms with Crippen LogP contribution < -0.4 is 15.5 Å². The molecule has 0 radical (unpaired) electrons. The van der Waals surface area contributed by atoms with Crippen molar-refractivity contribution >= 4 is 17.6 Å². The van der Waals surface area contributed by atoms with E-state index in [1.54, 1.807) is 25.4 Å². The van der Waals surface area contributed by atoms with Gasteiger partial charge in [0.15, 0.2) is 11.7 Å². The number of benzene rings is 2. The van der Waals surface area contributed by atoms with Gasteiger partial charge in [-0.2, -0.15) is 0 Å². The maximum Gasteiger partial charge on any atom is 0.255 e. The van der Waals surface area contributed by atoms with Gasteiger partial charge in [-0.1, -0.05) is 51.1 Å². The van der Waals surface area contributed by atoms with Crippen LogP contribution in [-0.4, -0.2) is 36.7 Å². The predicted octanol–water partition coefficient (Wildman–Crippen LogP) is 4.51. The SMILES string of the molecule is CNN1C(c2ccccc2OC)=NC2=NC=C(NC(=O)c3ccccc3)C(C(C)(C)C)C2=C1C. The van der Waals surface area contributed by atoms with E-state index in [4.69, 9.17) is 14.7 Å². The summed E-state index contributed by atoms with van der Waals surface area (Å²) in [7, 11) is 3.51. The molecule has 2 aromatic rings. The smallest absolute Gasteiger partial charge is 0.255 e. The first-order chi connectivity index (χ1) is 16.3.